The van der Waals surface area contributed by atoms with E-state index in [0.717, 1.165) is 5.06 Å². The van der Waals surface area contributed by atoms with Crippen LogP contribution in [0.5, 0.6) is 0 Å². The Balaban J connectivity index is 0.000000150. The molecular weight excluding hydrogens is 1240 g/mol. The predicted octanol–water partition coefficient (Wildman–Crippen LogP) is -2.07. The lowest BCUT2D eigenvalue weighted by atomic mass is 10.1. The average Bonchev–Trinajstić information content (AvgIpc) is 1.60. The van der Waals surface area contributed by atoms with Crippen LogP contribution in [-0.2, 0) is 53.2 Å². The number of nitrogens with two attached hydrogens (primary N) is 4. The Bertz CT molecular complexity index is 3800. The highest BCUT2D eigenvalue weighted by Gasteiger charge is 2.58. The van der Waals surface area contributed by atoms with Gasteiger partial charge in [0.2, 0.25) is 0 Å². The van der Waals surface area contributed by atoms with Crippen molar-refractivity contribution in [3.05, 3.63) is 73.4 Å². The van der Waals surface area contributed by atoms with Crippen molar-refractivity contribution in [2.75, 3.05) is 97.4 Å². The zero-order valence-corrected chi connectivity index (χ0v) is 51.8. The first-order valence-corrected chi connectivity index (χ1v) is 30.2. The monoisotopic (exact) mass is 1310 g/mol. The van der Waals surface area contributed by atoms with Crippen LogP contribution in [0.4, 0.5) is 17.5 Å². The van der Waals surface area contributed by atoms with Crippen molar-refractivity contribution < 1.29 is 85.3 Å². The number of imide groups is 1. The van der Waals surface area contributed by atoms with Gasteiger partial charge in [-0.25, -0.2) is 50.8 Å². The Morgan fingerprint density at radius 2 is 0.924 bits per heavy atom. The van der Waals surface area contributed by atoms with Gasteiger partial charge in [0.1, 0.15) is 90.5 Å². The lowest BCUT2D eigenvalue weighted by Gasteiger charge is -2.27. The lowest BCUT2D eigenvalue weighted by molar-refractivity contribution is -0.198. The molecule has 3 unspecified atom stereocenters. The first-order chi connectivity index (χ1) is 43.6. The summed E-state index contributed by atoms with van der Waals surface area (Å²) < 4.78 is 79.9. The molecule has 0 spiro atoms. The first kappa shape index (κ1) is 67.5. The topological polar surface area (TPSA) is 500 Å². The van der Waals surface area contributed by atoms with Gasteiger partial charge in [-0.2, -0.15) is 8.42 Å². The second-order valence-electron chi connectivity index (χ2n) is 23.2. The van der Waals surface area contributed by atoms with Gasteiger partial charge < -0.3 is 85.2 Å². The summed E-state index contributed by atoms with van der Waals surface area (Å²) in [5.74, 6) is 3.47. The summed E-state index contributed by atoms with van der Waals surface area (Å²) in [4.78, 5) is 78.4. The molecule has 5 saturated heterocycles. The maximum atomic E-state index is 12.5. The number of nitrogens with zero attached hydrogens (tertiary/aromatic N) is 16. The van der Waals surface area contributed by atoms with E-state index in [1.807, 2.05) is 68.1 Å². The molecule has 39 heteroatoms. The summed E-state index contributed by atoms with van der Waals surface area (Å²) >= 11 is 0. The molecule has 1 aromatic carbocycles. The number of likely N-dealkylation sites (N-methyl/N-ethyl adjacent to an activating group) is 3. The Morgan fingerprint density at radius 1 is 0.554 bits per heavy atom. The standard InChI is InChI=1S/C24H27N7O6.C16H24N6O4.C13H21N7O4.H2O4S/c1-24(2)36-17-15(35-23(18(17)37-24)30-12-28-16-19(25)26-11-27-20(16)30)10-29(3)8-9-34-31-21(32)13-6-4-5-7-14(13)22(31)33;1-16(2)25-11-9(6-21(3)4-5-23)24-15(12(11)26-16)22-8-20-10-13(17)18-7-19-14(10)22;1-19(2-3-23-15)4-7-9(21)10(22)13(24-7)20-6-18-8-11(14)16-5-17-12(8)20;1-5(2,3)4/h4-7,11-12,15,17-18,23H,8-10H2,1-3H3,(H2,25,26,27);7-9,11-12,15,23H,4-6H2,1-3H3,(H2,17,18,19);5-7,9-10,13,21-22H,2-4,15H2,1H3,(H2,14,16,17);(H2,1,2,3,4)/t15-,17+,18?,23-;9-,11+,12?,15-;7-,9-,10?,13+;/m110./s1. The second kappa shape index (κ2) is 27.7. The molecule has 12 atom stereocenters. The van der Waals surface area contributed by atoms with Crippen LogP contribution >= 0.6 is 0 Å². The molecule has 13 rings (SSSR count). The molecule has 0 aliphatic carbocycles. The van der Waals surface area contributed by atoms with Crippen LogP contribution in [0, 0.1) is 0 Å². The van der Waals surface area contributed by atoms with Gasteiger partial charge in [0, 0.05) is 39.3 Å². The highest BCUT2D eigenvalue weighted by molar-refractivity contribution is 7.79. The maximum absolute atomic E-state index is 12.5. The van der Waals surface area contributed by atoms with Crippen LogP contribution in [0.2, 0.25) is 0 Å². The molecule has 6 aromatic heterocycles. The van der Waals surface area contributed by atoms with E-state index in [9.17, 15) is 19.8 Å². The van der Waals surface area contributed by atoms with Crippen LogP contribution in [0.15, 0.2) is 62.2 Å². The minimum Gasteiger partial charge on any atom is -0.395 e. The molecule has 0 saturated carbocycles. The van der Waals surface area contributed by atoms with Gasteiger partial charge in [-0.3, -0.25) is 37.2 Å². The predicted molar refractivity (Wildman–Crippen MR) is 317 cm³/mol. The Hall–Kier alpha value is -7.36. The number of carbonyl (C=O) groups excluding carboxylic acids is 2. The first-order valence-electron chi connectivity index (χ1n) is 28.8. The normalized spacial score (nSPS) is 27.0. The molecular formula is C53H74N20O18S. The summed E-state index contributed by atoms with van der Waals surface area (Å²) in [6, 6.07) is 6.66. The van der Waals surface area contributed by atoms with E-state index < -0.39 is 76.9 Å². The molecule has 6 aliphatic rings. The number of hydroxylamine groups is 2. The highest BCUT2D eigenvalue weighted by Crippen LogP contribution is 2.46. The van der Waals surface area contributed by atoms with E-state index in [0.29, 0.717) is 96.3 Å². The van der Waals surface area contributed by atoms with Crippen LogP contribution in [0.25, 0.3) is 33.5 Å². The van der Waals surface area contributed by atoms with E-state index in [2.05, 4.69) is 49.7 Å². The largest absolute Gasteiger partial charge is 0.395 e. The number of hydrogen-bond acceptors (Lipinski definition) is 32. The third-order valence-electron chi connectivity index (χ3n) is 15.6. The fourth-order valence-corrected chi connectivity index (χ4v) is 11.5. The third kappa shape index (κ3) is 14.7. The van der Waals surface area contributed by atoms with Crippen LogP contribution < -0.4 is 23.1 Å². The number of aromatic nitrogens is 12. The zero-order chi connectivity index (χ0) is 66.1. The summed E-state index contributed by atoms with van der Waals surface area (Å²) in [6.45, 7) is 11.2. The van der Waals surface area contributed by atoms with E-state index >= 15 is 0 Å². The number of ether oxygens (including phenoxy) is 7. The Morgan fingerprint density at radius 3 is 1.34 bits per heavy atom. The molecule has 38 nitrogen and oxygen atoms in total. The molecule has 92 heavy (non-hydrogen) atoms. The van der Waals surface area contributed by atoms with Crippen molar-refractivity contribution in [2.45, 2.75) is 113 Å². The maximum Gasteiger partial charge on any atom is 0.394 e. The van der Waals surface area contributed by atoms with Crippen molar-refractivity contribution in [2.24, 2.45) is 5.90 Å². The van der Waals surface area contributed by atoms with Gasteiger partial charge in [-0.05, 0) is 61.0 Å². The SMILES string of the molecule is CN(CCO)C[C@H]1O[C@@H](n2cnc3c(N)ncnc32)C2OC(C)(C)O[C@H]21.CN(CCON)C[C@@H]1O[C@@H](n2cnc3c(N)ncnc32)C(O)[C@H]1O.CN(CCON1C(=O)c2ccccc2C1=O)C[C@H]1O[C@@H](n2cnc3c(N)ncnc32)C2OC(C)(C)O[C@H]21.O=S(=O)(O)O. The number of anilines is 3. The molecule has 6 aliphatic heterocycles. The minimum atomic E-state index is -4.67. The summed E-state index contributed by atoms with van der Waals surface area (Å²) in [5.41, 5.74) is 21.3. The number of aliphatic hydroxyl groups excluding tert-OH is 3. The average molecular weight is 1310 g/mol. The van der Waals surface area contributed by atoms with E-state index in [1.165, 1.54) is 25.3 Å². The molecule has 2 amide bonds. The van der Waals surface area contributed by atoms with Gasteiger partial charge in [-0.15, -0.1) is 5.06 Å². The lowest BCUT2D eigenvalue weighted by Crippen LogP contribution is -2.40. The van der Waals surface area contributed by atoms with Crippen LogP contribution in [-0.4, -0.2) is 270 Å². The smallest absolute Gasteiger partial charge is 0.394 e. The molecule has 7 aromatic rings. The number of hydrogen-bond donors (Lipinski definition) is 9. The van der Waals surface area contributed by atoms with E-state index in [4.69, 9.17) is 83.7 Å². The molecule has 5 fully saturated rings. The van der Waals surface area contributed by atoms with Gasteiger partial charge in [0.05, 0.1) is 49.9 Å². The number of aliphatic hydroxyl groups is 3. The number of rotatable bonds is 18. The second-order valence-corrected chi connectivity index (χ2v) is 24.1. The molecule has 12 heterocycles. The zero-order valence-electron chi connectivity index (χ0n) is 51.0. The van der Waals surface area contributed by atoms with Crippen molar-refractivity contribution in [3.8, 4) is 0 Å². The molecule has 0 bridgehead atoms. The van der Waals surface area contributed by atoms with E-state index in [1.54, 1.807) is 46.1 Å². The number of benzene rings is 1. The quantitative estimate of drug-likeness (QED) is 0.0253. The van der Waals surface area contributed by atoms with Crippen LogP contribution in [0.3, 0.4) is 0 Å². The highest BCUT2D eigenvalue weighted by atomic mass is 32.3. The summed E-state index contributed by atoms with van der Waals surface area (Å²) in [6.07, 6.45) is 2.50. The number of carbonyl (C=O) groups is 2. The van der Waals surface area contributed by atoms with Gasteiger partial charge in [0.15, 0.2) is 64.7 Å². The van der Waals surface area contributed by atoms with Crippen molar-refractivity contribution in [1.29, 1.82) is 0 Å². The number of nitrogen functional groups attached to an aromatic ring is 3. The van der Waals surface area contributed by atoms with Crippen molar-refractivity contribution in [3.63, 3.8) is 0 Å². The van der Waals surface area contributed by atoms with Gasteiger partial charge in [0.25, 0.3) is 11.8 Å². The number of fused-ring (bicyclic) bond motifs is 6. The van der Waals surface area contributed by atoms with Crippen molar-refractivity contribution >= 4 is 73.2 Å². The minimum absolute atomic E-state index is 0.0892. The Labute approximate surface area is 524 Å². The number of imidazole rings is 3. The van der Waals surface area contributed by atoms with Crippen LogP contribution in [0.1, 0.15) is 67.1 Å². The van der Waals surface area contributed by atoms with Crippen molar-refractivity contribution in [1.82, 2.24) is 78.3 Å². The van der Waals surface area contributed by atoms with E-state index in [-0.39, 0.29) is 55.4 Å². The summed E-state index contributed by atoms with van der Waals surface area (Å²) in [7, 11) is 1.01. The number of amides is 2. The van der Waals surface area contributed by atoms with Gasteiger partial charge in [-0.1, -0.05) is 12.1 Å². The molecule has 500 valence electrons. The molecule has 13 N–H and O–H groups in total. The summed E-state index contributed by atoms with van der Waals surface area (Å²) in [5, 5.41) is 30.6. The van der Waals surface area contributed by atoms with Gasteiger partial charge >= 0.3 is 10.4 Å². The Kier molecular flexibility index (Phi) is 20.3. The fourth-order valence-electron chi connectivity index (χ4n) is 11.5. The third-order valence-corrected chi connectivity index (χ3v) is 15.6. The molecule has 0 radical (unpaired) electrons. The fraction of sp³-hybridized carbons (Fsp3) is 0.566.